The van der Waals surface area contributed by atoms with Gasteiger partial charge in [0.1, 0.15) is 0 Å². The van der Waals surface area contributed by atoms with Gasteiger partial charge in [0.2, 0.25) is 5.91 Å². The lowest BCUT2D eigenvalue weighted by atomic mass is 10.1. The van der Waals surface area contributed by atoms with Crippen LogP contribution in [0.5, 0.6) is 0 Å². The van der Waals surface area contributed by atoms with Crippen molar-refractivity contribution in [1.82, 2.24) is 15.2 Å². The summed E-state index contributed by atoms with van der Waals surface area (Å²) >= 11 is 0. The van der Waals surface area contributed by atoms with E-state index in [9.17, 15) is 4.79 Å². The number of amides is 1. The van der Waals surface area contributed by atoms with Gasteiger partial charge in [-0.15, -0.1) is 0 Å². The van der Waals surface area contributed by atoms with Crippen LogP contribution in [-0.4, -0.2) is 36.4 Å². The van der Waals surface area contributed by atoms with E-state index < -0.39 is 0 Å². The van der Waals surface area contributed by atoms with E-state index in [-0.39, 0.29) is 11.4 Å². The molecule has 1 aromatic rings. The Hall–Kier alpha value is -1.68. The fraction of sp³-hybridized carbons (Fsp3) is 0.429. The number of nitrogens with zero attached hydrogens (tertiary/aromatic N) is 2. The second-order valence-electron chi connectivity index (χ2n) is 4.97. The third-order valence-corrected chi connectivity index (χ3v) is 3.09. The summed E-state index contributed by atoms with van der Waals surface area (Å²) in [6.07, 6.45) is 9.03. The van der Waals surface area contributed by atoms with Crippen molar-refractivity contribution in [2.75, 3.05) is 20.6 Å². The molecule has 1 amide bonds. The molecule has 0 atom stereocenters. The molecule has 96 valence electrons. The Morgan fingerprint density at radius 1 is 1.44 bits per heavy atom. The molecule has 1 aliphatic carbocycles. The molecule has 0 unspecified atom stereocenters. The van der Waals surface area contributed by atoms with Gasteiger partial charge in [-0.3, -0.25) is 9.78 Å². The molecule has 1 saturated carbocycles. The number of pyridine rings is 1. The maximum atomic E-state index is 11.8. The molecule has 1 aromatic heterocycles. The molecule has 4 heteroatoms. The molecule has 1 aliphatic rings. The van der Waals surface area contributed by atoms with Gasteiger partial charge in [-0.2, -0.15) is 0 Å². The van der Waals surface area contributed by atoms with Crippen molar-refractivity contribution >= 4 is 5.91 Å². The van der Waals surface area contributed by atoms with E-state index in [1.54, 1.807) is 18.5 Å². The Morgan fingerprint density at radius 3 is 2.67 bits per heavy atom. The lowest BCUT2D eigenvalue weighted by Gasteiger charge is -2.16. The highest BCUT2D eigenvalue weighted by molar-refractivity contribution is 5.88. The fourth-order valence-electron chi connectivity index (χ4n) is 1.93. The Balaban J connectivity index is 1.94. The van der Waals surface area contributed by atoms with Crippen LogP contribution in [0.15, 0.2) is 36.7 Å². The number of nitrogens with one attached hydrogen (secondary N) is 1. The van der Waals surface area contributed by atoms with Crippen LogP contribution in [0.4, 0.5) is 0 Å². The topological polar surface area (TPSA) is 45.2 Å². The van der Waals surface area contributed by atoms with Gasteiger partial charge in [0, 0.05) is 25.0 Å². The zero-order valence-corrected chi connectivity index (χ0v) is 10.9. The Bertz CT molecular complexity index is 436. The van der Waals surface area contributed by atoms with Crippen molar-refractivity contribution < 1.29 is 4.79 Å². The molecule has 1 N–H and O–H groups in total. The van der Waals surface area contributed by atoms with Gasteiger partial charge in [-0.25, -0.2) is 0 Å². The minimum absolute atomic E-state index is 0.0221. The van der Waals surface area contributed by atoms with Crippen molar-refractivity contribution in [2.45, 2.75) is 18.4 Å². The Morgan fingerprint density at radius 2 is 2.11 bits per heavy atom. The van der Waals surface area contributed by atoms with Crippen LogP contribution in [0.1, 0.15) is 18.4 Å². The molecule has 0 bridgehead atoms. The minimum atomic E-state index is -0.150. The lowest BCUT2D eigenvalue weighted by molar-refractivity contribution is -0.117. The first-order valence-corrected chi connectivity index (χ1v) is 6.16. The fourth-order valence-corrected chi connectivity index (χ4v) is 1.93. The first-order valence-electron chi connectivity index (χ1n) is 6.16. The molecule has 0 radical (unpaired) electrons. The third-order valence-electron chi connectivity index (χ3n) is 3.09. The van der Waals surface area contributed by atoms with E-state index in [2.05, 4.69) is 10.3 Å². The SMILES string of the molecule is CN(C)C/C=C/C(=O)NC1(c2ccncc2)CC1. The largest absolute Gasteiger partial charge is 0.343 e. The molecule has 4 nitrogen and oxygen atoms in total. The van der Waals surface area contributed by atoms with E-state index in [1.165, 1.54) is 0 Å². The summed E-state index contributed by atoms with van der Waals surface area (Å²) in [6.45, 7) is 0.773. The van der Waals surface area contributed by atoms with Gasteiger partial charge in [0.15, 0.2) is 0 Å². The molecule has 0 aliphatic heterocycles. The van der Waals surface area contributed by atoms with Gasteiger partial charge in [-0.1, -0.05) is 6.08 Å². The van der Waals surface area contributed by atoms with Gasteiger partial charge >= 0.3 is 0 Å². The maximum absolute atomic E-state index is 11.8. The predicted octanol–water partition coefficient (Wildman–Crippen LogP) is 1.30. The molecule has 0 aromatic carbocycles. The van der Waals surface area contributed by atoms with Crippen LogP contribution in [0.2, 0.25) is 0 Å². The number of rotatable bonds is 5. The van der Waals surface area contributed by atoms with E-state index in [1.807, 2.05) is 37.2 Å². The summed E-state index contributed by atoms with van der Waals surface area (Å²) < 4.78 is 0. The van der Waals surface area contributed by atoms with Crippen LogP contribution in [-0.2, 0) is 10.3 Å². The van der Waals surface area contributed by atoms with Crippen molar-refractivity contribution in [3.63, 3.8) is 0 Å². The monoisotopic (exact) mass is 245 g/mol. The smallest absolute Gasteiger partial charge is 0.244 e. The van der Waals surface area contributed by atoms with Crippen molar-refractivity contribution in [2.24, 2.45) is 0 Å². The highest BCUT2D eigenvalue weighted by atomic mass is 16.1. The number of likely N-dealkylation sites (N-methyl/N-ethyl adjacent to an activating group) is 1. The van der Waals surface area contributed by atoms with Gasteiger partial charge < -0.3 is 10.2 Å². The van der Waals surface area contributed by atoms with E-state index in [0.29, 0.717) is 0 Å². The van der Waals surface area contributed by atoms with E-state index in [4.69, 9.17) is 0 Å². The number of hydrogen-bond acceptors (Lipinski definition) is 3. The van der Waals surface area contributed by atoms with Crippen LogP contribution in [0, 0.1) is 0 Å². The summed E-state index contributed by atoms with van der Waals surface area (Å²) in [4.78, 5) is 17.8. The quantitative estimate of drug-likeness (QED) is 0.795. The average Bonchev–Trinajstić information content (AvgIpc) is 3.10. The second kappa shape index (κ2) is 5.31. The van der Waals surface area contributed by atoms with Crippen molar-refractivity contribution in [1.29, 1.82) is 0 Å². The lowest BCUT2D eigenvalue weighted by Crippen LogP contribution is -2.33. The molecule has 0 spiro atoms. The average molecular weight is 245 g/mol. The highest BCUT2D eigenvalue weighted by Crippen LogP contribution is 2.45. The molecular weight excluding hydrogens is 226 g/mol. The molecule has 2 rings (SSSR count). The zero-order valence-electron chi connectivity index (χ0n) is 10.9. The molecule has 0 saturated heterocycles. The van der Waals surface area contributed by atoms with Crippen LogP contribution in [0.25, 0.3) is 0 Å². The predicted molar refractivity (Wildman–Crippen MR) is 71.0 cm³/mol. The number of hydrogen-bond donors (Lipinski definition) is 1. The van der Waals surface area contributed by atoms with Gasteiger partial charge in [0.25, 0.3) is 0 Å². The molecular formula is C14H19N3O. The zero-order chi connectivity index (χ0) is 13.0. The van der Waals surface area contributed by atoms with Crippen molar-refractivity contribution in [3.8, 4) is 0 Å². The van der Waals surface area contributed by atoms with E-state index in [0.717, 1.165) is 24.9 Å². The maximum Gasteiger partial charge on any atom is 0.244 e. The summed E-state index contributed by atoms with van der Waals surface area (Å²) in [5.74, 6) is -0.0221. The Kier molecular flexibility index (Phi) is 3.77. The first-order chi connectivity index (χ1) is 8.62. The summed E-state index contributed by atoms with van der Waals surface area (Å²) in [5, 5.41) is 3.09. The van der Waals surface area contributed by atoms with Gasteiger partial charge in [0.05, 0.1) is 5.54 Å². The first kappa shape index (κ1) is 12.8. The second-order valence-corrected chi connectivity index (χ2v) is 4.97. The Labute approximate surface area is 108 Å². The minimum Gasteiger partial charge on any atom is -0.343 e. The number of carbonyl (C=O) groups excluding carboxylic acids is 1. The molecule has 1 heterocycles. The van der Waals surface area contributed by atoms with Crippen molar-refractivity contribution in [3.05, 3.63) is 42.2 Å². The van der Waals surface area contributed by atoms with Crippen LogP contribution >= 0.6 is 0 Å². The van der Waals surface area contributed by atoms with Crippen LogP contribution in [0.3, 0.4) is 0 Å². The molecule has 18 heavy (non-hydrogen) atoms. The van der Waals surface area contributed by atoms with Gasteiger partial charge in [-0.05, 0) is 44.6 Å². The summed E-state index contributed by atoms with van der Waals surface area (Å²) in [7, 11) is 3.95. The summed E-state index contributed by atoms with van der Waals surface area (Å²) in [6, 6.07) is 3.94. The number of carbonyl (C=O) groups is 1. The highest BCUT2D eigenvalue weighted by Gasteiger charge is 2.45. The summed E-state index contributed by atoms with van der Waals surface area (Å²) in [5.41, 5.74) is 0.995. The van der Waals surface area contributed by atoms with E-state index >= 15 is 0 Å². The standard InChI is InChI=1S/C14H19N3O/c1-17(2)11-3-4-13(18)16-14(7-8-14)12-5-9-15-10-6-12/h3-6,9-10H,7-8,11H2,1-2H3,(H,16,18)/b4-3+. The normalized spacial score (nSPS) is 17.1. The molecule has 1 fully saturated rings. The third kappa shape index (κ3) is 3.17. The van der Waals surface area contributed by atoms with Crippen LogP contribution < -0.4 is 5.32 Å². The number of aromatic nitrogens is 1.